The predicted octanol–water partition coefficient (Wildman–Crippen LogP) is 2.41. The number of carbonyl (C=O) groups excluding carboxylic acids is 1. The maximum Gasteiger partial charge on any atom is 0.242 e. The molecule has 1 fully saturated rings. The number of pyridine rings is 1. The van der Waals surface area contributed by atoms with E-state index in [4.69, 9.17) is 13.9 Å². The highest BCUT2D eigenvalue weighted by atomic mass is 16.7. The van der Waals surface area contributed by atoms with Gasteiger partial charge in [0.1, 0.15) is 11.4 Å². The fourth-order valence-corrected chi connectivity index (χ4v) is 3.45. The molecule has 2 aliphatic rings. The minimum Gasteiger partial charge on any atom is -0.464 e. The van der Waals surface area contributed by atoms with Crippen molar-refractivity contribution in [2.75, 3.05) is 31.3 Å². The number of benzene rings is 1. The highest BCUT2D eigenvalue weighted by Gasteiger charge is 2.26. The summed E-state index contributed by atoms with van der Waals surface area (Å²) in [5, 5.41) is 0.935. The van der Waals surface area contributed by atoms with E-state index in [1.165, 1.54) is 0 Å². The SMILES string of the molecule is O=C1CN(c2nccc3occc23)CCN1Cc1ccc2c(c1)OCO2. The van der Waals surface area contributed by atoms with Gasteiger partial charge >= 0.3 is 0 Å². The van der Waals surface area contributed by atoms with Crippen molar-refractivity contribution in [2.45, 2.75) is 6.54 Å². The van der Waals surface area contributed by atoms with Crippen LogP contribution in [0, 0.1) is 0 Å². The number of hydrogen-bond acceptors (Lipinski definition) is 6. The van der Waals surface area contributed by atoms with Gasteiger partial charge in [0.15, 0.2) is 11.5 Å². The number of aromatic nitrogens is 1. The molecule has 26 heavy (non-hydrogen) atoms. The lowest BCUT2D eigenvalue weighted by Gasteiger charge is -2.35. The maximum atomic E-state index is 12.7. The van der Waals surface area contributed by atoms with Crippen molar-refractivity contribution in [2.24, 2.45) is 0 Å². The van der Waals surface area contributed by atoms with E-state index in [0.29, 0.717) is 19.6 Å². The summed E-state index contributed by atoms with van der Waals surface area (Å²) in [4.78, 5) is 21.0. The fraction of sp³-hybridized carbons (Fsp3) is 0.263. The van der Waals surface area contributed by atoms with E-state index in [9.17, 15) is 4.79 Å². The zero-order valence-electron chi connectivity index (χ0n) is 14.1. The Bertz CT molecular complexity index is 984. The summed E-state index contributed by atoms with van der Waals surface area (Å²) in [5.74, 6) is 2.37. The Labute approximate surface area is 149 Å². The summed E-state index contributed by atoms with van der Waals surface area (Å²) in [7, 11) is 0. The van der Waals surface area contributed by atoms with Crippen LogP contribution in [0.15, 0.2) is 47.2 Å². The number of rotatable bonds is 3. The van der Waals surface area contributed by atoms with Crippen LogP contribution in [0.5, 0.6) is 11.5 Å². The van der Waals surface area contributed by atoms with Crippen LogP contribution in [-0.2, 0) is 11.3 Å². The summed E-state index contributed by atoms with van der Waals surface area (Å²) in [6, 6.07) is 9.52. The van der Waals surface area contributed by atoms with Crippen LogP contribution in [-0.4, -0.2) is 42.2 Å². The molecule has 1 aromatic carbocycles. The van der Waals surface area contributed by atoms with Crippen molar-refractivity contribution in [3.63, 3.8) is 0 Å². The molecule has 132 valence electrons. The molecule has 0 unspecified atom stereocenters. The van der Waals surface area contributed by atoms with Crippen LogP contribution in [0.3, 0.4) is 0 Å². The largest absolute Gasteiger partial charge is 0.464 e. The second-order valence-corrected chi connectivity index (χ2v) is 6.39. The normalized spacial score (nSPS) is 16.5. The first-order valence-electron chi connectivity index (χ1n) is 8.51. The summed E-state index contributed by atoms with van der Waals surface area (Å²) in [6.07, 6.45) is 3.36. The zero-order chi connectivity index (χ0) is 17.5. The highest BCUT2D eigenvalue weighted by Crippen LogP contribution is 2.33. The highest BCUT2D eigenvalue weighted by molar-refractivity contribution is 5.91. The first-order chi connectivity index (χ1) is 12.8. The fourth-order valence-electron chi connectivity index (χ4n) is 3.45. The van der Waals surface area contributed by atoms with E-state index < -0.39 is 0 Å². The van der Waals surface area contributed by atoms with Crippen LogP contribution in [0.4, 0.5) is 5.82 Å². The minimum absolute atomic E-state index is 0.0798. The van der Waals surface area contributed by atoms with Gasteiger partial charge in [0, 0.05) is 25.8 Å². The Balaban J connectivity index is 1.31. The van der Waals surface area contributed by atoms with Crippen molar-refractivity contribution in [3.8, 4) is 11.5 Å². The van der Waals surface area contributed by atoms with Crippen molar-refractivity contribution < 1.29 is 18.7 Å². The number of amides is 1. The molecule has 0 radical (unpaired) electrons. The van der Waals surface area contributed by atoms with Gasteiger partial charge in [-0.1, -0.05) is 6.07 Å². The molecule has 3 aromatic rings. The maximum absolute atomic E-state index is 12.7. The number of piperazine rings is 1. The van der Waals surface area contributed by atoms with E-state index in [2.05, 4.69) is 4.98 Å². The second kappa shape index (κ2) is 5.94. The molecule has 0 N–H and O–H groups in total. The molecule has 2 aromatic heterocycles. The Morgan fingerprint density at radius 2 is 2.00 bits per heavy atom. The number of hydrogen-bond donors (Lipinski definition) is 0. The van der Waals surface area contributed by atoms with Gasteiger partial charge in [-0.25, -0.2) is 4.98 Å². The smallest absolute Gasteiger partial charge is 0.242 e. The predicted molar refractivity (Wildman–Crippen MR) is 94.2 cm³/mol. The standard InChI is InChI=1S/C19H17N3O4/c23-18-11-22(19-14-4-8-24-15(14)3-5-20-19)7-6-21(18)10-13-1-2-16-17(9-13)26-12-25-16/h1-5,8-9H,6-7,10-12H2. The number of anilines is 1. The quantitative estimate of drug-likeness (QED) is 0.722. The van der Waals surface area contributed by atoms with Gasteiger partial charge in [-0.15, -0.1) is 0 Å². The second-order valence-electron chi connectivity index (χ2n) is 6.39. The number of ether oxygens (including phenoxy) is 2. The lowest BCUT2D eigenvalue weighted by atomic mass is 10.1. The van der Waals surface area contributed by atoms with E-state index in [1.54, 1.807) is 12.5 Å². The van der Waals surface area contributed by atoms with Crippen LogP contribution in [0.1, 0.15) is 5.56 Å². The van der Waals surface area contributed by atoms with Crippen molar-refractivity contribution in [1.82, 2.24) is 9.88 Å². The molecule has 4 heterocycles. The van der Waals surface area contributed by atoms with Gasteiger partial charge in [-0.3, -0.25) is 4.79 Å². The molecule has 0 atom stereocenters. The molecule has 1 amide bonds. The van der Waals surface area contributed by atoms with Crippen LogP contribution in [0.25, 0.3) is 11.0 Å². The van der Waals surface area contributed by atoms with Gasteiger partial charge in [0.05, 0.1) is 18.2 Å². The summed E-state index contributed by atoms with van der Waals surface area (Å²) < 4.78 is 16.2. The third-order valence-electron chi connectivity index (χ3n) is 4.79. The Morgan fingerprint density at radius 1 is 1.08 bits per heavy atom. The third kappa shape index (κ3) is 2.52. The Hall–Kier alpha value is -3.22. The Morgan fingerprint density at radius 3 is 2.92 bits per heavy atom. The minimum atomic E-state index is 0.0798. The molecule has 7 nitrogen and oxygen atoms in total. The summed E-state index contributed by atoms with van der Waals surface area (Å²) in [5.41, 5.74) is 1.82. The van der Waals surface area contributed by atoms with Gasteiger partial charge in [-0.05, 0) is 29.8 Å². The lowest BCUT2D eigenvalue weighted by Crippen LogP contribution is -2.50. The average molecular weight is 351 g/mol. The van der Waals surface area contributed by atoms with Crippen LogP contribution >= 0.6 is 0 Å². The van der Waals surface area contributed by atoms with Gasteiger partial charge in [0.25, 0.3) is 0 Å². The third-order valence-corrected chi connectivity index (χ3v) is 4.79. The summed E-state index contributed by atoms with van der Waals surface area (Å²) >= 11 is 0. The van der Waals surface area contributed by atoms with E-state index in [1.807, 2.05) is 40.1 Å². The number of carbonyl (C=O) groups is 1. The van der Waals surface area contributed by atoms with Crippen molar-refractivity contribution in [3.05, 3.63) is 48.4 Å². The monoisotopic (exact) mass is 351 g/mol. The first-order valence-corrected chi connectivity index (χ1v) is 8.51. The van der Waals surface area contributed by atoms with Gasteiger partial charge in [0.2, 0.25) is 12.7 Å². The molecular formula is C19H17N3O4. The molecule has 1 saturated heterocycles. The van der Waals surface area contributed by atoms with Gasteiger partial charge in [-0.2, -0.15) is 0 Å². The zero-order valence-corrected chi connectivity index (χ0v) is 14.1. The number of fused-ring (bicyclic) bond motifs is 2. The molecule has 0 bridgehead atoms. The Kier molecular flexibility index (Phi) is 3.44. The lowest BCUT2D eigenvalue weighted by molar-refractivity contribution is -0.131. The topological polar surface area (TPSA) is 68.0 Å². The summed E-state index contributed by atoms with van der Waals surface area (Å²) in [6.45, 7) is 2.49. The van der Waals surface area contributed by atoms with E-state index in [-0.39, 0.29) is 12.7 Å². The molecule has 7 heteroatoms. The molecule has 0 spiro atoms. The number of furan rings is 1. The number of nitrogens with zero attached hydrogens (tertiary/aromatic N) is 3. The van der Waals surface area contributed by atoms with E-state index >= 15 is 0 Å². The molecule has 5 rings (SSSR count). The first kappa shape index (κ1) is 15.1. The average Bonchev–Trinajstić information content (AvgIpc) is 3.31. The van der Waals surface area contributed by atoms with Crippen LogP contribution in [0.2, 0.25) is 0 Å². The van der Waals surface area contributed by atoms with Crippen molar-refractivity contribution in [1.29, 1.82) is 0 Å². The van der Waals surface area contributed by atoms with E-state index in [0.717, 1.165) is 40.4 Å². The molecular weight excluding hydrogens is 334 g/mol. The van der Waals surface area contributed by atoms with Crippen LogP contribution < -0.4 is 14.4 Å². The molecule has 2 aliphatic heterocycles. The van der Waals surface area contributed by atoms with Crippen molar-refractivity contribution >= 4 is 22.7 Å². The molecule has 0 aliphatic carbocycles. The molecule has 0 saturated carbocycles. The van der Waals surface area contributed by atoms with Gasteiger partial charge < -0.3 is 23.7 Å².